The molecule has 112 valence electrons. The highest BCUT2D eigenvalue weighted by atomic mass is 16.5. The minimum atomic E-state index is -0.388. The van der Waals surface area contributed by atoms with Gasteiger partial charge in [0.25, 0.3) is 0 Å². The lowest BCUT2D eigenvalue weighted by Crippen LogP contribution is -2.20. The van der Waals surface area contributed by atoms with Crippen LogP contribution in [0.5, 0.6) is 0 Å². The largest absolute Gasteiger partial charge is 0.462 e. The Morgan fingerprint density at radius 1 is 1.42 bits per heavy atom. The summed E-state index contributed by atoms with van der Waals surface area (Å²) in [5.74, 6) is -0.388. The molecule has 0 aromatic rings. The van der Waals surface area contributed by atoms with Crippen molar-refractivity contribution in [3.05, 3.63) is 12.2 Å². The number of nitrogens with one attached hydrogen (secondary N) is 1. The fraction of sp³-hybridized carbons (Fsp3) is 0.714. The molecule has 0 bridgehead atoms. The number of methoxy groups -OCH3 is 1. The van der Waals surface area contributed by atoms with Crippen LogP contribution in [0, 0.1) is 0 Å². The second-order valence-corrected chi connectivity index (χ2v) is 4.66. The highest BCUT2D eigenvalue weighted by molar-refractivity contribution is 5.86. The molecule has 0 spiro atoms. The second-order valence-electron chi connectivity index (χ2n) is 4.66. The summed E-state index contributed by atoms with van der Waals surface area (Å²) in [5.41, 5.74) is 0.471. The van der Waals surface area contributed by atoms with Gasteiger partial charge in [-0.25, -0.2) is 4.79 Å². The van der Waals surface area contributed by atoms with Crippen LogP contribution in [0.3, 0.4) is 0 Å². The van der Waals surface area contributed by atoms with Gasteiger partial charge in [0.05, 0.1) is 12.2 Å². The van der Waals surface area contributed by atoms with Crippen LogP contribution in [0.25, 0.3) is 0 Å². The van der Waals surface area contributed by atoms with Crippen molar-refractivity contribution in [2.75, 3.05) is 20.3 Å². The van der Waals surface area contributed by atoms with E-state index in [1.54, 1.807) is 14.0 Å². The van der Waals surface area contributed by atoms with Crippen LogP contribution in [0.2, 0.25) is 0 Å². The number of carbonyl (C=O) groups is 2. The lowest BCUT2D eigenvalue weighted by molar-refractivity contribution is -0.138. The van der Waals surface area contributed by atoms with E-state index in [2.05, 4.69) is 32.7 Å². The van der Waals surface area contributed by atoms with Crippen LogP contribution in [0.1, 0.15) is 40.5 Å². The maximum absolute atomic E-state index is 10.8. The van der Waals surface area contributed by atoms with Gasteiger partial charge in [-0.15, -0.1) is 0 Å². The van der Waals surface area contributed by atoms with Gasteiger partial charge in [0.15, 0.2) is 0 Å². The van der Waals surface area contributed by atoms with E-state index in [9.17, 15) is 9.59 Å². The molecule has 1 amide bonds. The number of hydrogen-bond donors (Lipinski definition) is 1. The molecule has 5 nitrogen and oxygen atoms in total. The van der Waals surface area contributed by atoms with Crippen LogP contribution in [0.4, 0.5) is 0 Å². The Hall–Kier alpha value is -1.36. The molecule has 5 heteroatoms. The van der Waals surface area contributed by atoms with Crippen molar-refractivity contribution in [3.8, 4) is 0 Å². The molecule has 0 rings (SSSR count). The van der Waals surface area contributed by atoms with E-state index in [4.69, 9.17) is 9.47 Å². The SMILES string of the molecule is C=C(C)C(=O)OCCCNC=O.CCC(C)(C)OC. The number of amides is 1. The number of esters is 1. The fourth-order valence-electron chi connectivity index (χ4n) is 0.666. The predicted molar refractivity (Wildman–Crippen MR) is 75.8 cm³/mol. The summed E-state index contributed by atoms with van der Waals surface area (Å²) in [6.45, 7) is 12.1. The maximum Gasteiger partial charge on any atom is 0.333 e. The van der Waals surface area contributed by atoms with E-state index in [-0.39, 0.29) is 11.6 Å². The van der Waals surface area contributed by atoms with Gasteiger partial charge >= 0.3 is 5.97 Å². The van der Waals surface area contributed by atoms with Gasteiger partial charge in [0.2, 0.25) is 6.41 Å². The predicted octanol–water partition coefficient (Wildman–Crippen LogP) is 2.06. The molecule has 19 heavy (non-hydrogen) atoms. The summed E-state index contributed by atoms with van der Waals surface area (Å²) in [4.78, 5) is 20.5. The molecular formula is C14H27NO4. The van der Waals surface area contributed by atoms with Crippen molar-refractivity contribution in [1.82, 2.24) is 5.32 Å². The lowest BCUT2D eigenvalue weighted by Gasteiger charge is -2.19. The zero-order valence-corrected chi connectivity index (χ0v) is 12.7. The molecule has 0 aliphatic carbocycles. The normalized spacial score (nSPS) is 9.95. The third kappa shape index (κ3) is 14.6. The summed E-state index contributed by atoms with van der Waals surface area (Å²) < 4.78 is 9.84. The lowest BCUT2D eigenvalue weighted by atomic mass is 10.1. The highest BCUT2D eigenvalue weighted by Gasteiger charge is 2.10. The maximum atomic E-state index is 10.8. The second kappa shape index (κ2) is 11.7. The zero-order valence-electron chi connectivity index (χ0n) is 12.7. The van der Waals surface area contributed by atoms with Crippen molar-refractivity contribution in [2.24, 2.45) is 0 Å². The number of hydrogen-bond acceptors (Lipinski definition) is 4. The summed E-state index contributed by atoms with van der Waals surface area (Å²) >= 11 is 0. The summed E-state index contributed by atoms with van der Waals surface area (Å²) in [7, 11) is 1.74. The molecule has 0 aliphatic rings. The third-order valence-electron chi connectivity index (χ3n) is 2.53. The molecule has 0 aromatic heterocycles. The number of ether oxygens (including phenoxy) is 2. The highest BCUT2D eigenvalue weighted by Crippen LogP contribution is 2.10. The molecule has 0 heterocycles. The summed E-state index contributed by atoms with van der Waals surface area (Å²) in [6.07, 6.45) is 2.31. The van der Waals surface area contributed by atoms with Gasteiger partial charge in [-0.05, 0) is 33.6 Å². The van der Waals surface area contributed by atoms with Crippen LogP contribution in [0.15, 0.2) is 12.2 Å². The number of carbonyl (C=O) groups excluding carboxylic acids is 2. The Labute approximate surface area is 116 Å². The molecule has 0 aromatic carbocycles. The van der Waals surface area contributed by atoms with E-state index in [1.165, 1.54) is 0 Å². The van der Waals surface area contributed by atoms with Crippen LogP contribution >= 0.6 is 0 Å². The van der Waals surface area contributed by atoms with Crippen LogP contribution < -0.4 is 5.32 Å². The summed E-state index contributed by atoms with van der Waals surface area (Å²) in [6, 6.07) is 0. The Kier molecular flexibility index (Phi) is 12.3. The Morgan fingerprint density at radius 2 is 2.00 bits per heavy atom. The van der Waals surface area contributed by atoms with Gasteiger partial charge in [-0.2, -0.15) is 0 Å². The van der Waals surface area contributed by atoms with Gasteiger partial charge in [-0.3, -0.25) is 4.79 Å². The first-order valence-corrected chi connectivity index (χ1v) is 6.35. The first kappa shape index (κ1) is 20.0. The molecule has 0 unspecified atom stereocenters. The minimum Gasteiger partial charge on any atom is -0.462 e. The third-order valence-corrected chi connectivity index (χ3v) is 2.53. The molecule has 0 atom stereocenters. The fourth-order valence-corrected chi connectivity index (χ4v) is 0.666. The molecule has 0 aliphatic heterocycles. The van der Waals surface area contributed by atoms with Crippen LogP contribution in [-0.4, -0.2) is 38.2 Å². The summed E-state index contributed by atoms with van der Waals surface area (Å²) in [5, 5.41) is 2.46. The first-order valence-electron chi connectivity index (χ1n) is 6.35. The van der Waals surface area contributed by atoms with E-state index in [0.717, 1.165) is 6.42 Å². The quantitative estimate of drug-likeness (QED) is 0.318. The van der Waals surface area contributed by atoms with Gasteiger partial charge < -0.3 is 14.8 Å². The van der Waals surface area contributed by atoms with Crippen molar-refractivity contribution in [2.45, 2.75) is 46.1 Å². The van der Waals surface area contributed by atoms with Gasteiger partial charge in [0.1, 0.15) is 0 Å². The van der Waals surface area contributed by atoms with Gasteiger partial charge in [-0.1, -0.05) is 13.5 Å². The Balaban J connectivity index is 0. The van der Waals surface area contributed by atoms with Crippen molar-refractivity contribution in [3.63, 3.8) is 0 Å². The van der Waals surface area contributed by atoms with Crippen molar-refractivity contribution < 1.29 is 19.1 Å². The topological polar surface area (TPSA) is 64.6 Å². The average molecular weight is 273 g/mol. The smallest absolute Gasteiger partial charge is 0.333 e. The Bertz CT molecular complexity index is 269. The number of rotatable bonds is 8. The Morgan fingerprint density at radius 3 is 2.32 bits per heavy atom. The molecular weight excluding hydrogens is 246 g/mol. The molecule has 0 saturated heterocycles. The average Bonchev–Trinajstić information content (AvgIpc) is 2.39. The van der Waals surface area contributed by atoms with Gasteiger partial charge in [0, 0.05) is 19.2 Å². The van der Waals surface area contributed by atoms with Crippen molar-refractivity contribution in [1.29, 1.82) is 0 Å². The zero-order chi connectivity index (χ0) is 15.3. The van der Waals surface area contributed by atoms with E-state index in [0.29, 0.717) is 31.6 Å². The monoisotopic (exact) mass is 273 g/mol. The molecule has 0 saturated carbocycles. The minimum absolute atomic E-state index is 0.0833. The van der Waals surface area contributed by atoms with Crippen LogP contribution in [-0.2, 0) is 19.1 Å². The van der Waals surface area contributed by atoms with E-state index >= 15 is 0 Å². The first-order chi connectivity index (χ1) is 8.80. The van der Waals surface area contributed by atoms with Crippen molar-refractivity contribution >= 4 is 12.4 Å². The van der Waals surface area contributed by atoms with E-state index in [1.807, 2.05) is 0 Å². The molecule has 1 N–H and O–H groups in total. The van der Waals surface area contributed by atoms with E-state index < -0.39 is 0 Å². The molecule has 0 fully saturated rings. The standard InChI is InChI=1S/C8H13NO3.C6H14O/c1-7(2)8(11)12-5-3-4-9-6-10;1-5-6(2,3)7-4/h6H,1,3-5H2,2H3,(H,9,10);5H2,1-4H3. The molecule has 0 radical (unpaired) electrons.